The molecule has 0 aliphatic carbocycles. The predicted molar refractivity (Wildman–Crippen MR) is 123 cm³/mol. The van der Waals surface area contributed by atoms with E-state index in [1.165, 1.54) is 0 Å². The highest BCUT2D eigenvalue weighted by molar-refractivity contribution is 6.09. The summed E-state index contributed by atoms with van der Waals surface area (Å²) in [7, 11) is 0. The fourth-order valence-corrected chi connectivity index (χ4v) is 3.64. The van der Waals surface area contributed by atoms with Gasteiger partial charge in [-0.3, -0.25) is 0 Å². The van der Waals surface area contributed by atoms with Crippen molar-refractivity contribution in [1.82, 2.24) is 0 Å². The van der Waals surface area contributed by atoms with Crippen LogP contribution in [-0.2, 0) is 0 Å². The Bertz CT molecular complexity index is 1250. The summed E-state index contributed by atoms with van der Waals surface area (Å²) in [6.45, 7) is 7.95. The third-order valence-electron chi connectivity index (χ3n) is 5.04. The van der Waals surface area contributed by atoms with Crippen LogP contribution in [0.3, 0.4) is 0 Å². The summed E-state index contributed by atoms with van der Waals surface area (Å²) in [6.07, 6.45) is 5.36. The second kappa shape index (κ2) is 8.07. The number of benzene rings is 4. The molecule has 0 spiro atoms. The van der Waals surface area contributed by atoms with Crippen LogP contribution < -0.4 is 4.74 Å². The Morgan fingerprint density at radius 3 is 2.07 bits per heavy atom. The molecule has 4 aromatic carbocycles. The quantitative estimate of drug-likeness (QED) is 0.365. The van der Waals surface area contributed by atoms with E-state index < -0.39 is 0 Å². The van der Waals surface area contributed by atoms with E-state index >= 15 is 0 Å². The lowest BCUT2D eigenvalue weighted by Gasteiger charge is -2.17. The first-order chi connectivity index (χ1) is 14.2. The monoisotopic (exact) mass is 378 g/mol. The first-order valence-corrected chi connectivity index (χ1v) is 9.52. The number of allylic oxidation sites excluding steroid dienone is 2. The van der Waals surface area contributed by atoms with Crippen LogP contribution in [0.15, 0.2) is 110 Å². The molecule has 2 heteroatoms. The summed E-state index contributed by atoms with van der Waals surface area (Å²) in [5.41, 5.74) is 2.60. The van der Waals surface area contributed by atoms with Crippen molar-refractivity contribution < 1.29 is 9.84 Å². The molecule has 0 saturated heterocycles. The highest BCUT2D eigenvalue weighted by atomic mass is 16.5. The summed E-state index contributed by atoms with van der Waals surface area (Å²) in [6, 6.07) is 23.9. The van der Waals surface area contributed by atoms with E-state index in [-0.39, 0.29) is 5.75 Å². The van der Waals surface area contributed by atoms with Gasteiger partial charge in [0.2, 0.25) is 0 Å². The standard InChI is InChI=1S/C27H22O2/c1-3-9-19(4-2)18-29-25-17-15-21-11-6-8-13-23(21)27(25)26-22-12-7-5-10-20(22)14-16-24(26)28/h3-17,28H,1-2,18H2/b19-9+. The Labute approximate surface area is 170 Å². The van der Waals surface area contributed by atoms with Gasteiger partial charge in [-0.15, -0.1) is 0 Å². The fourth-order valence-electron chi connectivity index (χ4n) is 3.64. The van der Waals surface area contributed by atoms with E-state index in [1.54, 1.807) is 18.2 Å². The van der Waals surface area contributed by atoms with Crippen molar-refractivity contribution >= 4 is 21.5 Å². The maximum atomic E-state index is 10.9. The van der Waals surface area contributed by atoms with Gasteiger partial charge in [-0.25, -0.2) is 0 Å². The summed E-state index contributed by atoms with van der Waals surface area (Å²) < 4.78 is 6.21. The normalized spacial score (nSPS) is 11.5. The van der Waals surface area contributed by atoms with Gasteiger partial charge in [-0.1, -0.05) is 92.0 Å². The lowest BCUT2D eigenvalue weighted by atomic mass is 9.92. The van der Waals surface area contributed by atoms with Crippen LogP contribution >= 0.6 is 0 Å². The van der Waals surface area contributed by atoms with E-state index in [9.17, 15) is 5.11 Å². The lowest BCUT2D eigenvalue weighted by molar-refractivity contribution is 0.357. The van der Waals surface area contributed by atoms with Crippen LogP contribution in [0.25, 0.3) is 32.7 Å². The van der Waals surface area contributed by atoms with Crippen LogP contribution in [0.2, 0.25) is 0 Å². The van der Waals surface area contributed by atoms with Crippen molar-refractivity contribution in [2.75, 3.05) is 6.61 Å². The average molecular weight is 378 g/mol. The van der Waals surface area contributed by atoms with Crippen molar-refractivity contribution in [1.29, 1.82) is 0 Å². The number of phenols is 1. The van der Waals surface area contributed by atoms with Crippen molar-refractivity contribution in [3.63, 3.8) is 0 Å². The van der Waals surface area contributed by atoms with E-state index in [1.807, 2.05) is 60.7 Å². The average Bonchev–Trinajstić information content (AvgIpc) is 2.76. The molecule has 2 nitrogen and oxygen atoms in total. The Morgan fingerprint density at radius 2 is 1.41 bits per heavy atom. The van der Waals surface area contributed by atoms with Crippen molar-refractivity contribution in [3.05, 3.63) is 110 Å². The number of aromatic hydroxyl groups is 1. The van der Waals surface area contributed by atoms with Gasteiger partial charge in [0.05, 0.1) is 0 Å². The molecule has 0 aliphatic rings. The van der Waals surface area contributed by atoms with Gasteiger partial charge in [0, 0.05) is 11.1 Å². The fraction of sp³-hybridized carbons (Fsp3) is 0.0370. The Morgan fingerprint density at radius 1 is 0.793 bits per heavy atom. The summed E-state index contributed by atoms with van der Waals surface area (Å²) in [4.78, 5) is 0. The molecule has 0 saturated carbocycles. The highest BCUT2D eigenvalue weighted by Crippen LogP contribution is 2.45. The number of fused-ring (bicyclic) bond motifs is 2. The second-order valence-corrected chi connectivity index (χ2v) is 6.81. The molecule has 0 aliphatic heterocycles. The SMILES string of the molecule is C=C/C=C(\C=C)COc1ccc2ccccc2c1-c1c(O)ccc2ccccc12. The number of rotatable bonds is 6. The minimum atomic E-state index is 0.232. The molecule has 142 valence electrons. The molecular formula is C27H22O2. The highest BCUT2D eigenvalue weighted by Gasteiger charge is 2.17. The van der Waals surface area contributed by atoms with Crippen molar-refractivity contribution in [2.45, 2.75) is 0 Å². The van der Waals surface area contributed by atoms with Gasteiger partial charge >= 0.3 is 0 Å². The van der Waals surface area contributed by atoms with Crippen LogP contribution in [0.5, 0.6) is 11.5 Å². The molecular weight excluding hydrogens is 356 g/mol. The Kier molecular flexibility index (Phi) is 5.17. The van der Waals surface area contributed by atoms with Crippen LogP contribution in [0, 0.1) is 0 Å². The smallest absolute Gasteiger partial charge is 0.128 e. The molecule has 0 fully saturated rings. The Hall–Kier alpha value is -3.78. The molecule has 1 N–H and O–H groups in total. The molecule has 0 unspecified atom stereocenters. The van der Waals surface area contributed by atoms with Crippen molar-refractivity contribution in [3.8, 4) is 22.6 Å². The van der Waals surface area contributed by atoms with Gasteiger partial charge in [-0.2, -0.15) is 0 Å². The molecule has 29 heavy (non-hydrogen) atoms. The van der Waals surface area contributed by atoms with Gasteiger partial charge in [0.15, 0.2) is 0 Å². The molecule has 0 bridgehead atoms. The van der Waals surface area contributed by atoms with Gasteiger partial charge in [0.1, 0.15) is 18.1 Å². The zero-order valence-electron chi connectivity index (χ0n) is 16.1. The number of hydrogen-bond donors (Lipinski definition) is 1. The first kappa shape index (κ1) is 18.6. The largest absolute Gasteiger partial charge is 0.507 e. The maximum Gasteiger partial charge on any atom is 0.128 e. The van der Waals surface area contributed by atoms with E-state index in [4.69, 9.17) is 4.74 Å². The van der Waals surface area contributed by atoms with Crippen LogP contribution in [0.1, 0.15) is 0 Å². The molecule has 4 rings (SSSR count). The Balaban J connectivity index is 1.98. The minimum absolute atomic E-state index is 0.232. The van der Waals surface area contributed by atoms with Crippen LogP contribution in [0.4, 0.5) is 0 Å². The van der Waals surface area contributed by atoms with E-state index in [2.05, 4.69) is 25.3 Å². The third-order valence-corrected chi connectivity index (χ3v) is 5.04. The molecule has 4 aromatic rings. The molecule has 0 radical (unpaired) electrons. The number of phenolic OH excluding ortho intramolecular Hbond substituents is 1. The predicted octanol–water partition coefficient (Wildman–Crippen LogP) is 7.04. The van der Waals surface area contributed by atoms with Crippen LogP contribution in [-0.4, -0.2) is 11.7 Å². The molecule has 0 aromatic heterocycles. The molecule has 0 amide bonds. The lowest BCUT2D eigenvalue weighted by Crippen LogP contribution is -2.01. The van der Waals surface area contributed by atoms with Gasteiger partial charge in [0.25, 0.3) is 0 Å². The second-order valence-electron chi connectivity index (χ2n) is 6.81. The zero-order valence-corrected chi connectivity index (χ0v) is 16.1. The summed E-state index contributed by atoms with van der Waals surface area (Å²) in [5.74, 6) is 0.947. The molecule has 0 heterocycles. The van der Waals surface area contributed by atoms with E-state index in [0.717, 1.165) is 38.2 Å². The van der Waals surface area contributed by atoms with Gasteiger partial charge < -0.3 is 9.84 Å². The number of hydrogen-bond acceptors (Lipinski definition) is 2. The summed E-state index contributed by atoms with van der Waals surface area (Å²) in [5, 5.41) is 15.0. The van der Waals surface area contributed by atoms with Gasteiger partial charge in [-0.05, 0) is 39.3 Å². The third kappa shape index (κ3) is 3.53. The number of ether oxygens (including phenoxy) is 1. The minimum Gasteiger partial charge on any atom is -0.507 e. The molecule has 0 atom stereocenters. The van der Waals surface area contributed by atoms with E-state index in [0.29, 0.717) is 12.4 Å². The topological polar surface area (TPSA) is 29.5 Å². The summed E-state index contributed by atoms with van der Waals surface area (Å²) >= 11 is 0. The maximum absolute atomic E-state index is 10.9. The first-order valence-electron chi connectivity index (χ1n) is 9.52. The van der Waals surface area contributed by atoms with Crippen molar-refractivity contribution in [2.24, 2.45) is 0 Å². The zero-order chi connectivity index (χ0) is 20.2.